The van der Waals surface area contributed by atoms with Gasteiger partial charge in [0.2, 0.25) is 5.91 Å². The third kappa shape index (κ3) is 1.26. The van der Waals surface area contributed by atoms with Crippen molar-refractivity contribution in [3.63, 3.8) is 0 Å². The van der Waals surface area contributed by atoms with E-state index in [1.54, 1.807) is 0 Å². The Morgan fingerprint density at radius 3 is 3.00 bits per heavy atom. The Morgan fingerprint density at radius 2 is 2.36 bits per heavy atom. The van der Waals surface area contributed by atoms with Gasteiger partial charge < -0.3 is 16.8 Å². The molecule has 4 heteroatoms. The zero-order chi connectivity index (χ0) is 10.3. The van der Waals surface area contributed by atoms with Crippen LogP contribution in [0.25, 0.3) is 0 Å². The van der Waals surface area contributed by atoms with Crippen LogP contribution in [-0.4, -0.2) is 25.0 Å². The quantitative estimate of drug-likeness (QED) is 0.480. The minimum Gasteiger partial charge on any atom is -0.355 e. The largest absolute Gasteiger partial charge is 0.355 e. The maximum absolute atomic E-state index is 11.5. The number of hydrogen-bond donors (Lipinski definition) is 3. The second kappa shape index (κ2) is 3.37. The van der Waals surface area contributed by atoms with Gasteiger partial charge in [0.1, 0.15) is 0 Å². The number of carbonyl (C=O) groups is 1. The van der Waals surface area contributed by atoms with E-state index in [4.69, 9.17) is 11.5 Å². The van der Waals surface area contributed by atoms with E-state index >= 15 is 0 Å². The highest BCUT2D eigenvalue weighted by molar-refractivity contribution is 5.83. The van der Waals surface area contributed by atoms with Crippen molar-refractivity contribution >= 4 is 5.91 Å². The van der Waals surface area contributed by atoms with Crippen LogP contribution in [0.5, 0.6) is 0 Å². The Bertz CT molecular complexity index is 287. The first-order valence-electron chi connectivity index (χ1n) is 5.07. The lowest BCUT2D eigenvalue weighted by atomic mass is 9.72. The fourth-order valence-corrected chi connectivity index (χ4v) is 2.59. The zero-order valence-electron chi connectivity index (χ0n) is 8.36. The van der Waals surface area contributed by atoms with Crippen LogP contribution in [0.15, 0.2) is 11.6 Å². The van der Waals surface area contributed by atoms with E-state index in [-0.39, 0.29) is 23.8 Å². The Kier molecular flexibility index (Phi) is 2.33. The molecule has 2 aliphatic rings. The van der Waals surface area contributed by atoms with Crippen molar-refractivity contribution in [2.24, 2.45) is 29.2 Å². The van der Waals surface area contributed by atoms with E-state index in [1.165, 1.54) is 0 Å². The maximum Gasteiger partial charge on any atom is 0.227 e. The summed E-state index contributed by atoms with van der Waals surface area (Å²) in [5.74, 6) is 0.665. The first-order chi connectivity index (χ1) is 6.65. The van der Waals surface area contributed by atoms with Crippen molar-refractivity contribution in [1.82, 2.24) is 5.32 Å². The molecule has 0 saturated carbocycles. The van der Waals surface area contributed by atoms with Crippen LogP contribution in [0.3, 0.4) is 0 Å². The minimum absolute atomic E-state index is 0.00310. The smallest absolute Gasteiger partial charge is 0.227 e. The van der Waals surface area contributed by atoms with Gasteiger partial charge in [0.25, 0.3) is 0 Å². The molecule has 0 unspecified atom stereocenters. The lowest BCUT2D eigenvalue weighted by Gasteiger charge is -2.34. The van der Waals surface area contributed by atoms with Gasteiger partial charge in [-0.25, -0.2) is 0 Å². The Morgan fingerprint density at radius 1 is 1.64 bits per heavy atom. The first kappa shape index (κ1) is 9.68. The molecular weight excluding hydrogens is 178 g/mol. The van der Waals surface area contributed by atoms with Gasteiger partial charge in [-0.15, -0.1) is 0 Å². The summed E-state index contributed by atoms with van der Waals surface area (Å²) in [6.07, 6.45) is 2.00. The third-order valence-corrected chi connectivity index (χ3v) is 3.53. The molecular formula is C10H17N3O. The molecule has 1 aliphatic carbocycles. The van der Waals surface area contributed by atoms with Crippen molar-refractivity contribution in [3.8, 4) is 0 Å². The number of rotatable bonds is 1. The van der Waals surface area contributed by atoms with Crippen molar-refractivity contribution in [3.05, 3.63) is 11.6 Å². The third-order valence-electron chi connectivity index (χ3n) is 3.53. The second-order valence-electron chi connectivity index (χ2n) is 4.27. The van der Waals surface area contributed by atoms with Crippen LogP contribution in [0.2, 0.25) is 0 Å². The highest BCUT2D eigenvalue weighted by Crippen LogP contribution is 2.35. The predicted molar refractivity (Wildman–Crippen MR) is 54.3 cm³/mol. The van der Waals surface area contributed by atoms with Gasteiger partial charge in [-0.2, -0.15) is 0 Å². The minimum atomic E-state index is 0.00310. The molecule has 0 aromatic rings. The van der Waals surface area contributed by atoms with Crippen LogP contribution in [0.1, 0.15) is 6.92 Å². The molecule has 1 heterocycles. The van der Waals surface area contributed by atoms with Crippen LogP contribution in [0.4, 0.5) is 0 Å². The molecule has 1 amide bonds. The first-order valence-corrected chi connectivity index (χ1v) is 5.07. The molecule has 0 aromatic heterocycles. The zero-order valence-corrected chi connectivity index (χ0v) is 8.36. The predicted octanol–water partition coefficient (Wildman–Crippen LogP) is -0.789. The molecule has 5 N–H and O–H groups in total. The highest BCUT2D eigenvalue weighted by Gasteiger charge is 2.43. The Hall–Kier alpha value is -0.870. The molecule has 1 fully saturated rings. The Balaban J connectivity index is 2.31. The topological polar surface area (TPSA) is 81.1 Å². The van der Waals surface area contributed by atoms with E-state index in [0.717, 1.165) is 12.1 Å². The summed E-state index contributed by atoms with van der Waals surface area (Å²) < 4.78 is 0. The van der Waals surface area contributed by atoms with E-state index in [0.29, 0.717) is 12.5 Å². The molecule has 1 aliphatic heterocycles. The maximum atomic E-state index is 11.5. The number of amides is 1. The van der Waals surface area contributed by atoms with Gasteiger partial charge in [-0.05, 0) is 25.3 Å². The van der Waals surface area contributed by atoms with E-state index < -0.39 is 0 Å². The number of nitrogens with one attached hydrogen (secondary N) is 1. The van der Waals surface area contributed by atoms with Gasteiger partial charge in [0.15, 0.2) is 0 Å². The molecule has 0 bridgehead atoms. The van der Waals surface area contributed by atoms with E-state index in [9.17, 15) is 4.79 Å². The summed E-state index contributed by atoms with van der Waals surface area (Å²) in [7, 11) is 0. The summed E-state index contributed by atoms with van der Waals surface area (Å²) in [5, 5.41) is 2.87. The van der Waals surface area contributed by atoms with Crippen molar-refractivity contribution in [1.29, 1.82) is 0 Å². The monoisotopic (exact) mass is 195 g/mol. The van der Waals surface area contributed by atoms with Gasteiger partial charge in [-0.1, -0.05) is 11.6 Å². The summed E-state index contributed by atoms with van der Waals surface area (Å²) in [6, 6.07) is 0.0222. The Labute approximate surface area is 83.7 Å². The normalized spacial score (nSPS) is 41.6. The van der Waals surface area contributed by atoms with Crippen LogP contribution in [0, 0.1) is 17.8 Å². The van der Waals surface area contributed by atoms with Gasteiger partial charge >= 0.3 is 0 Å². The molecule has 2 rings (SSSR count). The van der Waals surface area contributed by atoms with Gasteiger partial charge in [0, 0.05) is 12.6 Å². The summed E-state index contributed by atoms with van der Waals surface area (Å²) in [4.78, 5) is 11.5. The molecule has 0 spiro atoms. The lowest BCUT2D eigenvalue weighted by molar-refractivity contribution is -0.122. The van der Waals surface area contributed by atoms with Crippen molar-refractivity contribution < 1.29 is 4.79 Å². The average Bonchev–Trinajstić information content (AvgIpc) is 2.51. The SMILES string of the molecule is CC1=C[C@@H]2C(=O)NC[C@H]2[C@@H](CN)[C@@H]1N. The van der Waals surface area contributed by atoms with Crippen LogP contribution >= 0.6 is 0 Å². The average molecular weight is 195 g/mol. The van der Waals surface area contributed by atoms with E-state index in [1.807, 2.05) is 13.0 Å². The molecule has 14 heavy (non-hydrogen) atoms. The number of carbonyl (C=O) groups excluding carboxylic acids is 1. The van der Waals surface area contributed by atoms with Gasteiger partial charge in [0.05, 0.1) is 5.92 Å². The summed E-state index contributed by atoms with van der Waals surface area (Å²) in [6.45, 7) is 3.26. The molecule has 1 saturated heterocycles. The van der Waals surface area contributed by atoms with Gasteiger partial charge in [-0.3, -0.25) is 4.79 Å². The lowest BCUT2D eigenvalue weighted by Crippen LogP contribution is -2.46. The van der Waals surface area contributed by atoms with Crippen LogP contribution < -0.4 is 16.8 Å². The molecule has 4 nitrogen and oxygen atoms in total. The number of hydrogen-bond acceptors (Lipinski definition) is 3. The fraction of sp³-hybridized carbons (Fsp3) is 0.700. The summed E-state index contributed by atoms with van der Waals surface area (Å²) >= 11 is 0. The number of nitrogens with two attached hydrogens (primary N) is 2. The fourth-order valence-electron chi connectivity index (χ4n) is 2.59. The highest BCUT2D eigenvalue weighted by atomic mass is 16.2. The van der Waals surface area contributed by atoms with Crippen LogP contribution in [-0.2, 0) is 4.79 Å². The molecule has 0 aromatic carbocycles. The second-order valence-corrected chi connectivity index (χ2v) is 4.27. The van der Waals surface area contributed by atoms with Crippen molar-refractivity contribution in [2.45, 2.75) is 13.0 Å². The summed E-state index contributed by atoms with van der Waals surface area (Å²) in [5.41, 5.74) is 12.9. The molecule has 4 atom stereocenters. The standard InChI is InChI=1S/C10H17N3O/c1-5-2-6-8(4-13-10(6)14)7(3-11)9(5)12/h2,6-9H,3-4,11-12H2,1H3,(H,13,14)/t6-,7+,8+,9+/m0/s1. The van der Waals surface area contributed by atoms with Crippen molar-refractivity contribution in [2.75, 3.05) is 13.1 Å². The molecule has 0 radical (unpaired) electrons. The number of fused-ring (bicyclic) bond motifs is 1. The van der Waals surface area contributed by atoms with E-state index in [2.05, 4.69) is 5.32 Å². The molecule has 78 valence electrons.